The summed E-state index contributed by atoms with van der Waals surface area (Å²) in [7, 11) is -4.02. The Bertz CT molecular complexity index is 1110. The fourth-order valence-corrected chi connectivity index (χ4v) is 2.98. The molecule has 0 aliphatic rings. The van der Waals surface area contributed by atoms with Crippen LogP contribution in [0.3, 0.4) is 0 Å². The van der Waals surface area contributed by atoms with Crippen LogP contribution in [0.15, 0.2) is 63.7 Å². The van der Waals surface area contributed by atoms with Crippen LogP contribution in [-0.4, -0.2) is 31.1 Å². The van der Waals surface area contributed by atoms with Gasteiger partial charge in [-0.1, -0.05) is 31.0 Å². The molecular formula is C22H27FN2O5S. The van der Waals surface area contributed by atoms with Gasteiger partial charge in [-0.2, -0.15) is 8.42 Å². The normalized spacial score (nSPS) is 11.8. The molecule has 0 bridgehead atoms. The highest BCUT2D eigenvalue weighted by Gasteiger charge is 2.08. The number of nitrogens with two attached hydrogens (primary N) is 1. The smallest absolute Gasteiger partial charge is 0.294 e. The lowest BCUT2D eigenvalue weighted by Gasteiger charge is -2.06. The van der Waals surface area contributed by atoms with Crippen LogP contribution in [0.5, 0.6) is 5.75 Å². The number of hydrogen-bond donors (Lipinski definition) is 2. The Morgan fingerprint density at radius 1 is 1.26 bits per heavy atom. The van der Waals surface area contributed by atoms with Crippen molar-refractivity contribution >= 4 is 21.2 Å². The summed E-state index contributed by atoms with van der Waals surface area (Å²) in [6, 6.07) is 11.4. The van der Waals surface area contributed by atoms with E-state index in [2.05, 4.69) is 11.9 Å². The highest BCUT2D eigenvalue weighted by molar-refractivity contribution is 7.85. The lowest BCUT2D eigenvalue weighted by Crippen LogP contribution is -2.10. The molecule has 0 unspecified atom stereocenters. The van der Waals surface area contributed by atoms with E-state index >= 15 is 0 Å². The molecule has 0 fully saturated rings. The van der Waals surface area contributed by atoms with E-state index in [1.165, 1.54) is 12.1 Å². The Morgan fingerprint density at radius 2 is 1.97 bits per heavy atom. The maximum Gasteiger partial charge on any atom is 0.294 e. The number of hydrogen-bond acceptors (Lipinski definition) is 6. The van der Waals surface area contributed by atoms with Crippen LogP contribution in [0, 0.1) is 6.92 Å². The number of aryl methyl sites for hydroxylation is 2. The van der Waals surface area contributed by atoms with E-state index < -0.39 is 10.1 Å². The summed E-state index contributed by atoms with van der Waals surface area (Å²) in [6.45, 7) is 4.25. The molecular weight excluding hydrogens is 423 g/mol. The molecule has 0 amide bonds. The van der Waals surface area contributed by atoms with Crippen molar-refractivity contribution in [3.05, 3.63) is 65.8 Å². The van der Waals surface area contributed by atoms with Crippen molar-refractivity contribution in [1.82, 2.24) is 4.98 Å². The minimum absolute atomic E-state index is 0.0666. The molecule has 0 aliphatic heterocycles. The molecule has 1 heterocycles. The molecule has 0 saturated heterocycles. The second-order valence-electron chi connectivity index (χ2n) is 6.89. The van der Waals surface area contributed by atoms with Crippen molar-refractivity contribution in [2.75, 3.05) is 13.2 Å². The van der Waals surface area contributed by atoms with Gasteiger partial charge in [0.05, 0.1) is 11.2 Å². The Labute approximate surface area is 181 Å². The largest absolute Gasteiger partial charge is 0.489 e. The van der Waals surface area contributed by atoms with Gasteiger partial charge in [-0.05, 0) is 37.6 Å². The van der Waals surface area contributed by atoms with Gasteiger partial charge in [-0.3, -0.25) is 4.55 Å². The molecule has 0 radical (unpaired) electrons. The van der Waals surface area contributed by atoms with Crippen molar-refractivity contribution in [3.63, 3.8) is 0 Å². The van der Waals surface area contributed by atoms with Crippen LogP contribution in [0.4, 0.5) is 4.39 Å². The molecule has 0 saturated carbocycles. The van der Waals surface area contributed by atoms with Crippen molar-refractivity contribution < 1.29 is 26.5 Å². The summed E-state index contributed by atoms with van der Waals surface area (Å²) >= 11 is 0. The number of fused-ring (bicyclic) bond motifs is 1. The zero-order chi connectivity index (χ0) is 22.9. The summed E-state index contributed by atoms with van der Waals surface area (Å²) in [5.41, 5.74) is 8.24. The number of oxazole rings is 1. The van der Waals surface area contributed by atoms with Crippen molar-refractivity contribution in [2.24, 2.45) is 5.73 Å². The average Bonchev–Trinajstić information content (AvgIpc) is 3.15. The van der Waals surface area contributed by atoms with E-state index in [9.17, 15) is 12.8 Å². The van der Waals surface area contributed by atoms with Crippen LogP contribution < -0.4 is 10.5 Å². The molecule has 168 valence electrons. The molecule has 9 heteroatoms. The summed E-state index contributed by atoms with van der Waals surface area (Å²) in [5.74, 6) is 1.37. The van der Waals surface area contributed by atoms with Gasteiger partial charge in [0.25, 0.3) is 10.1 Å². The Morgan fingerprint density at radius 3 is 2.55 bits per heavy atom. The third-order valence-electron chi connectivity index (χ3n) is 4.31. The standard InChI is InChI=1S/C15H19FN2O2.C7H8O3S/c1-2-3-4-15-18-13-7-12(5-6-14(13)20-15)19-10-11(8-16)9-17;1-6-2-4-7(5-3-6)11(8,9)10/h5-8H,2-4,9-10,17H2,1H3;2-5H,1H3,(H,8,9,10). The second kappa shape index (κ2) is 11.6. The fraction of sp³-hybridized carbons (Fsp3) is 0.318. The number of benzene rings is 2. The maximum absolute atomic E-state index is 12.4. The summed E-state index contributed by atoms with van der Waals surface area (Å²) in [5, 5.41) is 0. The average molecular weight is 451 g/mol. The summed E-state index contributed by atoms with van der Waals surface area (Å²) < 4.78 is 53.1. The van der Waals surface area contributed by atoms with Crippen LogP contribution in [0.25, 0.3) is 11.1 Å². The van der Waals surface area contributed by atoms with E-state index in [-0.39, 0.29) is 18.0 Å². The number of halogens is 1. The summed E-state index contributed by atoms with van der Waals surface area (Å²) in [6.07, 6.45) is 3.47. The maximum atomic E-state index is 12.4. The zero-order valence-electron chi connectivity index (χ0n) is 17.5. The van der Waals surface area contributed by atoms with Gasteiger partial charge in [0.2, 0.25) is 0 Å². The van der Waals surface area contributed by atoms with Crippen LogP contribution in [0.2, 0.25) is 0 Å². The zero-order valence-corrected chi connectivity index (χ0v) is 18.4. The number of ether oxygens (including phenoxy) is 1. The first-order valence-electron chi connectivity index (χ1n) is 9.81. The quantitative estimate of drug-likeness (QED) is 0.482. The predicted molar refractivity (Wildman–Crippen MR) is 117 cm³/mol. The van der Waals surface area contributed by atoms with E-state index in [0.717, 1.165) is 41.8 Å². The predicted octanol–water partition coefficient (Wildman–Crippen LogP) is 4.60. The lowest BCUT2D eigenvalue weighted by molar-refractivity contribution is 0.348. The van der Waals surface area contributed by atoms with E-state index in [1.807, 2.05) is 13.0 Å². The molecule has 1 aromatic heterocycles. The minimum atomic E-state index is -4.02. The lowest BCUT2D eigenvalue weighted by atomic mass is 10.2. The Hall–Kier alpha value is -2.75. The fourth-order valence-electron chi connectivity index (χ4n) is 2.50. The minimum Gasteiger partial charge on any atom is -0.489 e. The SMILES string of the molecule is CCCCc1nc2cc(OCC(=CF)CN)ccc2o1.Cc1ccc(S(=O)(=O)O)cc1. The molecule has 3 rings (SSSR count). The van der Waals surface area contributed by atoms with Crippen molar-refractivity contribution in [3.8, 4) is 5.75 Å². The van der Waals surface area contributed by atoms with Gasteiger partial charge in [-0.15, -0.1) is 0 Å². The first-order valence-corrected chi connectivity index (χ1v) is 11.3. The monoisotopic (exact) mass is 450 g/mol. The summed E-state index contributed by atoms with van der Waals surface area (Å²) in [4.78, 5) is 4.35. The van der Waals surface area contributed by atoms with Gasteiger partial charge in [0, 0.05) is 24.6 Å². The third kappa shape index (κ3) is 7.78. The van der Waals surface area contributed by atoms with Gasteiger partial charge in [0.15, 0.2) is 11.5 Å². The first-order chi connectivity index (χ1) is 14.8. The van der Waals surface area contributed by atoms with E-state index in [1.54, 1.807) is 24.3 Å². The molecule has 2 aromatic carbocycles. The first kappa shape index (κ1) is 24.5. The van der Waals surface area contributed by atoms with Gasteiger partial charge in [0.1, 0.15) is 17.9 Å². The highest BCUT2D eigenvalue weighted by atomic mass is 32.2. The number of nitrogens with zero attached hydrogens (tertiary/aromatic N) is 1. The molecule has 0 spiro atoms. The topological polar surface area (TPSA) is 116 Å². The molecule has 7 nitrogen and oxygen atoms in total. The van der Waals surface area contributed by atoms with Gasteiger partial charge in [-0.25, -0.2) is 9.37 Å². The Balaban J connectivity index is 0.000000262. The number of aromatic nitrogens is 1. The molecule has 3 aromatic rings. The third-order valence-corrected chi connectivity index (χ3v) is 5.17. The van der Waals surface area contributed by atoms with Crippen LogP contribution in [-0.2, 0) is 16.5 Å². The van der Waals surface area contributed by atoms with Crippen LogP contribution >= 0.6 is 0 Å². The highest BCUT2D eigenvalue weighted by Crippen LogP contribution is 2.22. The number of rotatable bonds is 8. The molecule has 31 heavy (non-hydrogen) atoms. The van der Waals surface area contributed by atoms with Crippen LogP contribution in [0.1, 0.15) is 31.2 Å². The molecule has 0 aliphatic carbocycles. The van der Waals surface area contributed by atoms with Crippen molar-refractivity contribution in [2.45, 2.75) is 38.0 Å². The van der Waals surface area contributed by atoms with Gasteiger partial charge >= 0.3 is 0 Å². The number of unbranched alkanes of at least 4 members (excludes halogenated alkanes) is 1. The Kier molecular flexibility index (Phi) is 9.17. The van der Waals surface area contributed by atoms with Crippen molar-refractivity contribution in [1.29, 1.82) is 0 Å². The molecule has 0 atom stereocenters. The van der Waals surface area contributed by atoms with E-state index in [0.29, 0.717) is 17.7 Å². The second-order valence-corrected chi connectivity index (χ2v) is 8.31. The van der Waals surface area contributed by atoms with E-state index in [4.69, 9.17) is 19.4 Å². The molecule has 3 N–H and O–H groups in total. The van der Waals surface area contributed by atoms with Gasteiger partial charge < -0.3 is 14.9 Å².